The number of amides is 1. The maximum absolute atomic E-state index is 13.1. The van der Waals surface area contributed by atoms with Crippen LogP contribution < -0.4 is 14.2 Å². The van der Waals surface area contributed by atoms with Crippen LogP contribution in [0.25, 0.3) is 0 Å². The van der Waals surface area contributed by atoms with Crippen molar-refractivity contribution < 1.29 is 19.0 Å². The highest BCUT2D eigenvalue weighted by atomic mass is 32.1. The van der Waals surface area contributed by atoms with Gasteiger partial charge in [-0.05, 0) is 71.1 Å². The van der Waals surface area contributed by atoms with E-state index in [-0.39, 0.29) is 12.7 Å². The molecule has 148 valence electrons. The fraction of sp³-hybridized carbons (Fsp3) is 0.261. The molecule has 1 saturated carbocycles. The first kappa shape index (κ1) is 18.1. The lowest BCUT2D eigenvalue weighted by Gasteiger charge is -2.23. The highest BCUT2D eigenvalue weighted by Gasteiger charge is 2.33. The van der Waals surface area contributed by atoms with Gasteiger partial charge in [-0.2, -0.15) is 11.3 Å². The van der Waals surface area contributed by atoms with Gasteiger partial charge >= 0.3 is 0 Å². The second-order valence-corrected chi connectivity index (χ2v) is 8.08. The van der Waals surface area contributed by atoms with Crippen LogP contribution in [0, 0.1) is 0 Å². The molecular weight excluding hydrogens is 386 g/mol. The van der Waals surface area contributed by atoms with Gasteiger partial charge in [-0.1, -0.05) is 12.1 Å². The summed E-state index contributed by atoms with van der Waals surface area (Å²) < 4.78 is 16.6. The molecule has 0 saturated heterocycles. The third-order valence-electron chi connectivity index (χ3n) is 5.13. The lowest BCUT2D eigenvalue weighted by atomic mass is 10.1. The number of thiophene rings is 1. The van der Waals surface area contributed by atoms with Crippen LogP contribution in [0.5, 0.6) is 17.2 Å². The standard InChI is InChI=1S/C23H21NO4S/c25-23(18-3-8-21-22(11-18)28-15-27-21)24(19-4-5-19)12-16-1-6-20(7-2-16)26-13-17-9-10-29-14-17/h1-3,6-11,14,19H,4-5,12-13,15H2. The topological polar surface area (TPSA) is 48.0 Å². The summed E-state index contributed by atoms with van der Waals surface area (Å²) in [7, 11) is 0. The van der Waals surface area contributed by atoms with Crippen molar-refractivity contribution in [2.45, 2.75) is 32.0 Å². The molecular formula is C23H21NO4S. The molecule has 0 spiro atoms. The minimum atomic E-state index is 0.0311. The zero-order valence-electron chi connectivity index (χ0n) is 15.9. The van der Waals surface area contributed by atoms with Gasteiger partial charge in [0.15, 0.2) is 11.5 Å². The third-order valence-corrected chi connectivity index (χ3v) is 5.86. The van der Waals surface area contributed by atoms with Gasteiger partial charge in [0.25, 0.3) is 5.91 Å². The Hall–Kier alpha value is -2.99. The van der Waals surface area contributed by atoms with Crippen molar-refractivity contribution in [2.24, 2.45) is 0 Å². The van der Waals surface area contributed by atoms with Gasteiger partial charge < -0.3 is 19.1 Å². The Bertz CT molecular complexity index is 996. The van der Waals surface area contributed by atoms with Gasteiger partial charge in [-0.3, -0.25) is 4.79 Å². The summed E-state index contributed by atoms with van der Waals surface area (Å²) in [4.78, 5) is 15.1. The van der Waals surface area contributed by atoms with E-state index in [1.165, 1.54) is 5.56 Å². The second-order valence-electron chi connectivity index (χ2n) is 7.30. The van der Waals surface area contributed by atoms with Gasteiger partial charge in [0.05, 0.1) is 0 Å². The van der Waals surface area contributed by atoms with E-state index >= 15 is 0 Å². The first-order valence-electron chi connectivity index (χ1n) is 9.70. The first-order chi connectivity index (χ1) is 14.3. The molecule has 2 aromatic carbocycles. The van der Waals surface area contributed by atoms with Crippen LogP contribution in [0.15, 0.2) is 59.3 Å². The maximum atomic E-state index is 13.1. The van der Waals surface area contributed by atoms with E-state index in [0.717, 1.165) is 24.2 Å². The molecule has 29 heavy (non-hydrogen) atoms. The normalized spacial score (nSPS) is 14.6. The number of hydrogen-bond acceptors (Lipinski definition) is 5. The van der Waals surface area contributed by atoms with Crippen molar-refractivity contribution >= 4 is 17.2 Å². The van der Waals surface area contributed by atoms with Crippen LogP contribution in [0.3, 0.4) is 0 Å². The summed E-state index contributed by atoms with van der Waals surface area (Å²) in [5.41, 5.74) is 2.90. The van der Waals surface area contributed by atoms with Gasteiger partial charge in [-0.15, -0.1) is 0 Å². The number of rotatable bonds is 7. The Morgan fingerprint density at radius 2 is 1.86 bits per heavy atom. The summed E-state index contributed by atoms with van der Waals surface area (Å²) >= 11 is 1.67. The van der Waals surface area contributed by atoms with Gasteiger partial charge in [0, 0.05) is 18.2 Å². The van der Waals surface area contributed by atoms with E-state index in [9.17, 15) is 4.79 Å². The van der Waals surface area contributed by atoms with E-state index in [1.807, 2.05) is 40.6 Å². The van der Waals surface area contributed by atoms with E-state index in [1.54, 1.807) is 23.5 Å². The highest BCUT2D eigenvalue weighted by Crippen LogP contribution is 2.35. The predicted octanol–water partition coefficient (Wildman–Crippen LogP) is 4.86. The molecule has 6 heteroatoms. The maximum Gasteiger partial charge on any atom is 0.254 e. The molecule has 1 aromatic heterocycles. The Morgan fingerprint density at radius 3 is 2.62 bits per heavy atom. The van der Waals surface area contributed by atoms with Crippen molar-refractivity contribution in [3.8, 4) is 17.2 Å². The molecule has 1 amide bonds. The molecule has 0 radical (unpaired) electrons. The fourth-order valence-electron chi connectivity index (χ4n) is 3.38. The fourth-order valence-corrected chi connectivity index (χ4v) is 4.03. The smallest absolute Gasteiger partial charge is 0.254 e. The number of carbonyl (C=O) groups excluding carboxylic acids is 1. The molecule has 2 aliphatic rings. The summed E-state index contributed by atoms with van der Waals surface area (Å²) in [5, 5.41) is 4.13. The zero-order chi connectivity index (χ0) is 19.6. The highest BCUT2D eigenvalue weighted by molar-refractivity contribution is 7.07. The summed E-state index contributed by atoms with van der Waals surface area (Å²) in [6, 6.07) is 15.8. The number of benzene rings is 2. The average Bonchev–Trinajstić information content (AvgIpc) is 3.25. The monoisotopic (exact) mass is 407 g/mol. The molecule has 5 nitrogen and oxygen atoms in total. The predicted molar refractivity (Wildman–Crippen MR) is 111 cm³/mol. The van der Waals surface area contributed by atoms with Gasteiger partial charge in [0.1, 0.15) is 12.4 Å². The minimum Gasteiger partial charge on any atom is -0.489 e. The molecule has 0 unspecified atom stereocenters. The summed E-state index contributed by atoms with van der Waals surface area (Å²) in [6.45, 7) is 1.36. The Balaban J connectivity index is 1.26. The first-order valence-corrected chi connectivity index (χ1v) is 10.6. The van der Waals surface area contributed by atoms with Crippen LogP contribution in [-0.2, 0) is 13.2 Å². The number of carbonyl (C=O) groups is 1. The van der Waals surface area contributed by atoms with E-state index < -0.39 is 0 Å². The summed E-state index contributed by atoms with van der Waals surface area (Å²) in [6.07, 6.45) is 2.11. The molecule has 1 fully saturated rings. The lowest BCUT2D eigenvalue weighted by Crippen LogP contribution is -2.32. The molecule has 1 aliphatic carbocycles. The van der Waals surface area contributed by atoms with Crippen LogP contribution >= 0.6 is 11.3 Å². The lowest BCUT2D eigenvalue weighted by molar-refractivity contribution is 0.0729. The minimum absolute atomic E-state index is 0.0311. The van der Waals surface area contributed by atoms with Crippen LogP contribution in [0.1, 0.15) is 34.3 Å². The van der Waals surface area contributed by atoms with Crippen molar-refractivity contribution in [3.63, 3.8) is 0 Å². The third kappa shape index (κ3) is 4.07. The number of ether oxygens (including phenoxy) is 3. The van der Waals surface area contributed by atoms with Crippen molar-refractivity contribution in [3.05, 3.63) is 76.0 Å². The van der Waals surface area contributed by atoms with Crippen LogP contribution in [-0.4, -0.2) is 23.6 Å². The van der Waals surface area contributed by atoms with E-state index in [4.69, 9.17) is 14.2 Å². The molecule has 0 bridgehead atoms. The zero-order valence-corrected chi connectivity index (χ0v) is 16.7. The van der Waals surface area contributed by atoms with Crippen molar-refractivity contribution in [2.75, 3.05) is 6.79 Å². The Morgan fingerprint density at radius 1 is 1.03 bits per heavy atom. The van der Waals surface area contributed by atoms with Gasteiger partial charge in [0.2, 0.25) is 6.79 Å². The van der Waals surface area contributed by atoms with Gasteiger partial charge in [-0.25, -0.2) is 0 Å². The van der Waals surface area contributed by atoms with Crippen molar-refractivity contribution in [1.82, 2.24) is 4.90 Å². The van der Waals surface area contributed by atoms with E-state index in [2.05, 4.69) is 11.4 Å². The molecule has 0 N–H and O–H groups in total. The molecule has 1 aliphatic heterocycles. The number of nitrogens with zero attached hydrogens (tertiary/aromatic N) is 1. The Kier molecular flexibility index (Phi) is 4.86. The second kappa shape index (κ2) is 7.79. The molecule has 2 heterocycles. The van der Waals surface area contributed by atoms with Crippen LogP contribution in [0.4, 0.5) is 0 Å². The van der Waals surface area contributed by atoms with Crippen molar-refractivity contribution in [1.29, 1.82) is 0 Å². The van der Waals surface area contributed by atoms with Crippen LogP contribution in [0.2, 0.25) is 0 Å². The number of hydrogen-bond donors (Lipinski definition) is 0. The molecule has 3 aromatic rings. The largest absolute Gasteiger partial charge is 0.489 e. The Labute approximate surface area is 173 Å². The molecule has 5 rings (SSSR count). The number of fused-ring (bicyclic) bond motifs is 1. The van der Waals surface area contributed by atoms with E-state index in [0.29, 0.717) is 36.3 Å². The SMILES string of the molecule is O=C(c1ccc2c(c1)OCO2)N(Cc1ccc(OCc2ccsc2)cc1)C1CC1. The quantitative estimate of drug-likeness (QED) is 0.561. The molecule has 0 atom stereocenters. The summed E-state index contributed by atoms with van der Waals surface area (Å²) in [5.74, 6) is 2.19. The average molecular weight is 407 g/mol.